The number of nitrogens with zero attached hydrogens (tertiary/aromatic N) is 1. The summed E-state index contributed by atoms with van der Waals surface area (Å²) in [5.74, 6) is 2.42. The molecule has 0 spiro atoms. The Hall–Kier alpha value is -0.0800. The SMILES string of the molecule is CCC(CC)(C(N)C1CCC(C)C(C)C1)N(C)C. The highest BCUT2D eigenvalue weighted by atomic mass is 15.2. The van der Waals surface area contributed by atoms with Crippen LogP contribution < -0.4 is 5.73 Å². The van der Waals surface area contributed by atoms with Gasteiger partial charge in [0, 0.05) is 11.6 Å². The molecule has 0 amide bonds. The highest BCUT2D eigenvalue weighted by Crippen LogP contribution is 2.39. The van der Waals surface area contributed by atoms with E-state index in [2.05, 4.69) is 46.7 Å². The van der Waals surface area contributed by atoms with Crippen molar-refractivity contribution >= 4 is 0 Å². The number of hydrogen-bond acceptors (Lipinski definition) is 2. The summed E-state index contributed by atoms with van der Waals surface area (Å²) < 4.78 is 0. The Kier molecular flexibility index (Phi) is 5.67. The third-order valence-corrected chi connectivity index (χ3v) is 5.88. The minimum absolute atomic E-state index is 0.185. The van der Waals surface area contributed by atoms with Crippen molar-refractivity contribution < 1.29 is 0 Å². The van der Waals surface area contributed by atoms with Gasteiger partial charge in [-0.25, -0.2) is 0 Å². The molecule has 4 atom stereocenters. The Labute approximate surface area is 114 Å². The monoisotopic (exact) mass is 254 g/mol. The van der Waals surface area contributed by atoms with Crippen molar-refractivity contribution in [2.75, 3.05) is 14.1 Å². The Morgan fingerprint density at radius 3 is 2.06 bits per heavy atom. The van der Waals surface area contributed by atoms with Gasteiger partial charge >= 0.3 is 0 Å². The van der Waals surface area contributed by atoms with Crippen molar-refractivity contribution in [2.45, 2.75) is 71.4 Å². The first-order valence-corrected chi connectivity index (χ1v) is 7.82. The molecule has 1 saturated carbocycles. The second-order valence-corrected chi connectivity index (χ2v) is 6.76. The van der Waals surface area contributed by atoms with E-state index in [9.17, 15) is 0 Å². The van der Waals surface area contributed by atoms with Crippen LogP contribution in [0.5, 0.6) is 0 Å². The van der Waals surface area contributed by atoms with E-state index in [0.29, 0.717) is 12.0 Å². The van der Waals surface area contributed by atoms with Gasteiger partial charge in [-0.3, -0.25) is 0 Å². The van der Waals surface area contributed by atoms with Crippen LogP contribution in [0.3, 0.4) is 0 Å². The summed E-state index contributed by atoms with van der Waals surface area (Å²) in [7, 11) is 4.39. The summed E-state index contributed by atoms with van der Waals surface area (Å²) in [5, 5.41) is 0. The lowest BCUT2D eigenvalue weighted by Crippen LogP contribution is -2.60. The van der Waals surface area contributed by atoms with Crippen LogP contribution in [0.25, 0.3) is 0 Å². The molecule has 1 aliphatic rings. The lowest BCUT2D eigenvalue weighted by Gasteiger charge is -2.48. The molecule has 0 aromatic carbocycles. The van der Waals surface area contributed by atoms with Crippen molar-refractivity contribution in [3.8, 4) is 0 Å². The second kappa shape index (κ2) is 6.38. The summed E-state index contributed by atoms with van der Waals surface area (Å²) in [5.41, 5.74) is 6.90. The van der Waals surface area contributed by atoms with Crippen LogP contribution in [-0.2, 0) is 0 Å². The predicted molar refractivity (Wildman–Crippen MR) is 80.6 cm³/mol. The standard InChI is InChI=1S/C16H34N2/c1-7-16(8-2,18(5)6)15(17)14-10-9-12(3)13(4)11-14/h12-15H,7-11,17H2,1-6H3. The van der Waals surface area contributed by atoms with Crippen LogP contribution in [0, 0.1) is 17.8 Å². The molecule has 2 nitrogen and oxygen atoms in total. The van der Waals surface area contributed by atoms with Gasteiger partial charge in [0.05, 0.1) is 0 Å². The normalized spacial score (nSPS) is 31.7. The average Bonchev–Trinajstić information content (AvgIpc) is 2.34. The first-order chi connectivity index (χ1) is 8.39. The molecule has 108 valence electrons. The van der Waals surface area contributed by atoms with E-state index in [1.165, 1.54) is 19.3 Å². The first-order valence-electron chi connectivity index (χ1n) is 7.82. The fraction of sp³-hybridized carbons (Fsp3) is 1.00. The van der Waals surface area contributed by atoms with Gasteiger partial charge in [0.15, 0.2) is 0 Å². The lowest BCUT2D eigenvalue weighted by molar-refractivity contribution is 0.0528. The van der Waals surface area contributed by atoms with Crippen LogP contribution in [-0.4, -0.2) is 30.6 Å². The van der Waals surface area contributed by atoms with Crippen molar-refractivity contribution in [1.29, 1.82) is 0 Å². The molecule has 1 fully saturated rings. The van der Waals surface area contributed by atoms with Crippen molar-refractivity contribution in [3.63, 3.8) is 0 Å². The molecule has 4 unspecified atom stereocenters. The zero-order chi connectivity index (χ0) is 13.9. The van der Waals surface area contributed by atoms with Crippen LogP contribution in [0.1, 0.15) is 59.8 Å². The third-order valence-electron chi connectivity index (χ3n) is 5.88. The van der Waals surface area contributed by atoms with Crippen molar-refractivity contribution in [2.24, 2.45) is 23.5 Å². The van der Waals surface area contributed by atoms with Crippen LogP contribution >= 0.6 is 0 Å². The van der Waals surface area contributed by atoms with Gasteiger partial charge < -0.3 is 10.6 Å². The minimum Gasteiger partial charge on any atom is -0.326 e. The highest BCUT2D eigenvalue weighted by Gasteiger charge is 2.41. The van der Waals surface area contributed by atoms with Gasteiger partial charge in [-0.1, -0.05) is 34.1 Å². The average molecular weight is 254 g/mol. The summed E-state index contributed by atoms with van der Waals surface area (Å²) in [6.07, 6.45) is 6.30. The first kappa shape index (κ1) is 16.0. The van der Waals surface area contributed by atoms with Gasteiger partial charge in [0.1, 0.15) is 0 Å². The molecule has 18 heavy (non-hydrogen) atoms. The van der Waals surface area contributed by atoms with E-state index in [-0.39, 0.29) is 5.54 Å². The zero-order valence-corrected chi connectivity index (χ0v) is 13.4. The molecule has 2 N–H and O–H groups in total. The maximum atomic E-state index is 6.72. The smallest absolute Gasteiger partial charge is 0.0351 e. The van der Waals surface area contributed by atoms with Gasteiger partial charge in [-0.05, 0) is 57.5 Å². The molecule has 0 radical (unpaired) electrons. The van der Waals surface area contributed by atoms with Gasteiger partial charge in [0.2, 0.25) is 0 Å². The van der Waals surface area contributed by atoms with Gasteiger partial charge in [-0.15, -0.1) is 0 Å². The highest BCUT2D eigenvalue weighted by molar-refractivity contribution is 4.99. The minimum atomic E-state index is 0.185. The van der Waals surface area contributed by atoms with Gasteiger partial charge in [-0.2, -0.15) is 0 Å². The van der Waals surface area contributed by atoms with Gasteiger partial charge in [0.25, 0.3) is 0 Å². The molecule has 2 heteroatoms. The van der Waals surface area contributed by atoms with E-state index in [1.807, 2.05) is 0 Å². The molecule has 0 heterocycles. The molecular formula is C16H34N2. The fourth-order valence-electron chi connectivity index (χ4n) is 4.01. The van der Waals surface area contributed by atoms with Crippen molar-refractivity contribution in [3.05, 3.63) is 0 Å². The molecule has 0 aromatic rings. The maximum absolute atomic E-state index is 6.72. The third kappa shape index (κ3) is 2.91. The molecule has 1 rings (SSSR count). The van der Waals surface area contributed by atoms with Crippen LogP contribution in [0.15, 0.2) is 0 Å². The Bertz CT molecular complexity index is 245. The second-order valence-electron chi connectivity index (χ2n) is 6.76. The Morgan fingerprint density at radius 1 is 1.11 bits per heavy atom. The number of rotatable bonds is 5. The van der Waals surface area contributed by atoms with E-state index < -0.39 is 0 Å². The predicted octanol–water partition coefficient (Wildman–Crippen LogP) is 3.51. The molecule has 0 bridgehead atoms. The Balaban J connectivity index is 2.81. The summed E-state index contributed by atoms with van der Waals surface area (Å²) in [6.45, 7) is 9.38. The van der Waals surface area contributed by atoms with Crippen LogP contribution in [0.2, 0.25) is 0 Å². The summed E-state index contributed by atoms with van der Waals surface area (Å²) >= 11 is 0. The quantitative estimate of drug-likeness (QED) is 0.813. The largest absolute Gasteiger partial charge is 0.326 e. The van der Waals surface area contributed by atoms with Crippen molar-refractivity contribution in [1.82, 2.24) is 4.90 Å². The number of hydrogen-bond donors (Lipinski definition) is 1. The van der Waals surface area contributed by atoms with E-state index in [1.54, 1.807) is 0 Å². The molecule has 0 aromatic heterocycles. The zero-order valence-electron chi connectivity index (χ0n) is 13.4. The molecule has 0 saturated heterocycles. The fourth-order valence-corrected chi connectivity index (χ4v) is 4.01. The number of likely N-dealkylation sites (N-methyl/N-ethyl adjacent to an activating group) is 1. The topological polar surface area (TPSA) is 29.3 Å². The molecular weight excluding hydrogens is 220 g/mol. The molecule has 0 aliphatic heterocycles. The Morgan fingerprint density at radius 2 is 1.67 bits per heavy atom. The summed E-state index contributed by atoms with van der Waals surface area (Å²) in [6, 6.07) is 0.317. The van der Waals surface area contributed by atoms with E-state index in [4.69, 9.17) is 5.73 Å². The summed E-state index contributed by atoms with van der Waals surface area (Å²) in [4.78, 5) is 2.38. The van der Waals surface area contributed by atoms with E-state index in [0.717, 1.165) is 24.7 Å². The van der Waals surface area contributed by atoms with Crippen LogP contribution in [0.4, 0.5) is 0 Å². The maximum Gasteiger partial charge on any atom is 0.0351 e. The molecule has 1 aliphatic carbocycles. The van der Waals surface area contributed by atoms with E-state index >= 15 is 0 Å². The lowest BCUT2D eigenvalue weighted by atomic mass is 9.67. The number of nitrogens with two attached hydrogens (primary N) is 1.